The maximum atomic E-state index is 13.4. The molecular formula is C11H8ClFN2O4. The Morgan fingerprint density at radius 2 is 2.32 bits per heavy atom. The van der Waals surface area contributed by atoms with Crippen LogP contribution in [-0.4, -0.2) is 17.5 Å². The molecule has 0 aromatic heterocycles. The van der Waals surface area contributed by atoms with Crippen molar-refractivity contribution in [1.82, 2.24) is 0 Å². The maximum absolute atomic E-state index is 13.4. The summed E-state index contributed by atoms with van der Waals surface area (Å²) in [5, 5.41) is 19.3. The van der Waals surface area contributed by atoms with Gasteiger partial charge >= 0.3 is 5.97 Å². The molecule has 0 aliphatic heterocycles. The smallest absolute Gasteiger partial charge is 0.328 e. The Morgan fingerprint density at radius 1 is 1.68 bits per heavy atom. The van der Waals surface area contributed by atoms with Crippen LogP contribution in [0, 0.1) is 27.3 Å². The van der Waals surface area contributed by atoms with Crippen LogP contribution >= 0.6 is 11.6 Å². The number of hydrogen-bond donors (Lipinski definition) is 0. The van der Waals surface area contributed by atoms with Crippen molar-refractivity contribution in [2.75, 3.05) is 6.61 Å². The van der Waals surface area contributed by atoms with Crippen LogP contribution in [0.25, 0.3) is 0 Å². The Kier molecular flexibility index (Phi) is 4.78. The molecule has 1 aromatic carbocycles. The first kappa shape index (κ1) is 14.9. The zero-order valence-corrected chi connectivity index (χ0v) is 10.5. The van der Waals surface area contributed by atoms with Crippen LogP contribution in [0.15, 0.2) is 12.1 Å². The minimum absolute atomic E-state index is 0.000876. The van der Waals surface area contributed by atoms with Crippen molar-refractivity contribution in [3.63, 3.8) is 0 Å². The number of carbonyl (C=O) groups is 1. The molecule has 0 N–H and O–H groups in total. The van der Waals surface area contributed by atoms with E-state index in [1.807, 2.05) is 0 Å². The van der Waals surface area contributed by atoms with Crippen molar-refractivity contribution in [3.8, 4) is 6.07 Å². The van der Waals surface area contributed by atoms with Crippen molar-refractivity contribution in [2.24, 2.45) is 0 Å². The molecule has 0 heterocycles. The van der Waals surface area contributed by atoms with Crippen LogP contribution in [0.3, 0.4) is 0 Å². The first-order valence-corrected chi connectivity index (χ1v) is 5.49. The number of rotatable bonds is 4. The number of ether oxygens (including phenoxy) is 1. The fourth-order valence-electron chi connectivity index (χ4n) is 1.42. The number of halogens is 2. The van der Waals surface area contributed by atoms with E-state index in [9.17, 15) is 19.3 Å². The predicted octanol–water partition coefficient (Wildman–Crippen LogP) is 2.56. The Labute approximate surface area is 112 Å². The monoisotopic (exact) mass is 286 g/mol. The lowest BCUT2D eigenvalue weighted by Gasteiger charge is -2.09. The van der Waals surface area contributed by atoms with Crippen molar-refractivity contribution in [2.45, 2.75) is 12.8 Å². The average molecular weight is 287 g/mol. The SMILES string of the molecule is CCOC(=O)C(C#N)c1cc(F)c(Cl)cc1[N+](=O)[O-]. The van der Waals surface area contributed by atoms with E-state index < -0.39 is 33.3 Å². The van der Waals surface area contributed by atoms with Crippen molar-refractivity contribution >= 4 is 23.3 Å². The largest absolute Gasteiger partial charge is 0.465 e. The Morgan fingerprint density at radius 3 is 2.79 bits per heavy atom. The molecule has 6 nitrogen and oxygen atoms in total. The molecule has 1 aromatic rings. The van der Waals surface area contributed by atoms with Crippen LogP contribution in [0.4, 0.5) is 10.1 Å². The second kappa shape index (κ2) is 6.11. The first-order chi connectivity index (χ1) is 8.92. The van der Waals surface area contributed by atoms with Gasteiger partial charge in [-0.3, -0.25) is 14.9 Å². The zero-order valence-electron chi connectivity index (χ0n) is 9.72. The van der Waals surface area contributed by atoms with Crippen LogP contribution < -0.4 is 0 Å². The molecule has 0 saturated heterocycles. The van der Waals surface area contributed by atoms with Gasteiger partial charge in [0, 0.05) is 6.07 Å². The fraction of sp³-hybridized carbons (Fsp3) is 0.273. The van der Waals surface area contributed by atoms with E-state index in [-0.39, 0.29) is 12.2 Å². The van der Waals surface area contributed by atoms with E-state index in [1.165, 1.54) is 6.92 Å². The molecular weight excluding hydrogens is 279 g/mol. The topological polar surface area (TPSA) is 93.2 Å². The lowest BCUT2D eigenvalue weighted by Crippen LogP contribution is -2.16. The van der Waals surface area contributed by atoms with Crippen LogP contribution in [0.1, 0.15) is 18.4 Å². The van der Waals surface area contributed by atoms with E-state index in [0.717, 1.165) is 6.07 Å². The van der Waals surface area contributed by atoms with Gasteiger partial charge in [-0.25, -0.2) is 4.39 Å². The molecule has 0 aliphatic rings. The summed E-state index contributed by atoms with van der Waals surface area (Å²) in [7, 11) is 0. The van der Waals surface area contributed by atoms with Gasteiger partial charge in [-0.05, 0) is 13.0 Å². The van der Waals surface area contributed by atoms with E-state index in [4.69, 9.17) is 16.9 Å². The van der Waals surface area contributed by atoms with Crippen LogP contribution in [-0.2, 0) is 9.53 Å². The van der Waals surface area contributed by atoms with Gasteiger partial charge < -0.3 is 4.74 Å². The molecule has 0 spiro atoms. The Hall–Kier alpha value is -2.20. The maximum Gasteiger partial charge on any atom is 0.328 e. The van der Waals surface area contributed by atoms with E-state index >= 15 is 0 Å². The molecule has 1 atom stereocenters. The molecule has 0 radical (unpaired) electrons. The van der Waals surface area contributed by atoms with Crippen molar-refractivity contribution in [3.05, 3.63) is 38.7 Å². The number of benzene rings is 1. The van der Waals surface area contributed by atoms with Crippen LogP contribution in [0.5, 0.6) is 0 Å². The highest BCUT2D eigenvalue weighted by Gasteiger charge is 2.30. The lowest BCUT2D eigenvalue weighted by atomic mass is 9.98. The highest BCUT2D eigenvalue weighted by Crippen LogP contribution is 2.32. The lowest BCUT2D eigenvalue weighted by molar-refractivity contribution is -0.385. The zero-order chi connectivity index (χ0) is 14.6. The average Bonchev–Trinajstić information content (AvgIpc) is 2.34. The predicted molar refractivity (Wildman–Crippen MR) is 63.1 cm³/mol. The first-order valence-electron chi connectivity index (χ1n) is 5.12. The summed E-state index contributed by atoms with van der Waals surface area (Å²) in [6.45, 7) is 1.52. The normalized spacial score (nSPS) is 11.5. The fourth-order valence-corrected chi connectivity index (χ4v) is 1.57. The number of nitrogens with zero attached hydrogens (tertiary/aromatic N) is 2. The number of carbonyl (C=O) groups excluding carboxylic acids is 1. The van der Waals surface area contributed by atoms with E-state index in [2.05, 4.69) is 4.74 Å². The Balaban J connectivity index is 3.39. The minimum atomic E-state index is -1.58. The summed E-state index contributed by atoms with van der Waals surface area (Å²) >= 11 is 5.44. The standard InChI is InChI=1S/C11H8ClFN2O4/c1-2-19-11(16)7(5-14)6-3-9(13)8(12)4-10(6)15(17)18/h3-4,7H,2H2,1H3. The van der Waals surface area contributed by atoms with Gasteiger partial charge in [0.1, 0.15) is 5.82 Å². The molecule has 0 bridgehead atoms. The molecule has 19 heavy (non-hydrogen) atoms. The summed E-state index contributed by atoms with van der Waals surface area (Å²) in [5.41, 5.74) is -0.987. The minimum Gasteiger partial charge on any atom is -0.465 e. The number of nitriles is 1. The van der Waals surface area contributed by atoms with Crippen molar-refractivity contribution in [1.29, 1.82) is 5.26 Å². The number of nitro benzene ring substituents is 1. The van der Waals surface area contributed by atoms with Gasteiger partial charge in [-0.2, -0.15) is 5.26 Å². The van der Waals surface area contributed by atoms with Crippen LogP contribution in [0.2, 0.25) is 5.02 Å². The third-order valence-electron chi connectivity index (χ3n) is 2.23. The quantitative estimate of drug-likeness (QED) is 0.482. The number of esters is 1. The Bertz CT molecular complexity index is 571. The van der Waals surface area contributed by atoms with Gasteiger partial charge in [0.25, 0.3) is 5.69 Å². The summed E-state index contributed by atoms with van der Waals surface area (Å²) in [5.74, 6) is -3.51. The highest BCUT2D eigenvalue weighted by atomic mass is 35.5. The molecule has 0 amide bonds. The van der Waals surface area contributed by atoms with Gasteiger partial charge in [0.05, 0.1) is 28.2 Å². The summed E-state index contributed by atoms with van der Waals surface area (Å²) < 4.78 is 18.0. The molecule has 0 saturated carbocycles. The molecule has 0 aliphatic carbocycles. The number of hydrogen-bond acceptors (Lipinski definition) is 5. The van der Waals surface area contributed by atoms with E-state index in [0.29, 0.717) is 6.07 Å². The molecule has 100 valence electrons. The highest BCUT2D eigenvalue weighted by molar-refractivity contribution is 6.31. The molecule has 1 unspecified atom stereocenters. The molecule has 0 fully saturated rings. The summed E-state index contributed by atoms with van der Waals surface area (Å²) in [6, 6.07) is 3.02. The third kappa shape index (κ3) is 3.17. The van der Waals surface area contributed by atoms with Gasteiger partial charge in [-0.15, -0.1) is 0 Å². The summed E-state index contributed by atoms with van der Waals surface area (Å²) in [6.07, 6.45) is 0. The van der Waals surface area contributed by atoms with Gasteiger partial charge in [-0.1, -0.05) is 11.6 Å². The molecule has 1 rings (SSSR count). The van der Waals surface area contributed by atoms with Crippen molar-refractivity contribution < 1.29 is 18.8 Å². The van der Waals surface area contributed by atoms with Gasteiger partial charge in [0.15, 0.2) is 5.92 Å². The van der Waals surface area contributed by atoms with Gasteiger partial charge in [0.2, 0.25) is 0 Å². The second-order valence-electron chi connectivity index (χ2n) is 3.40. The third-order valence-corrected chi connectivity index (χ3v) is 2.52. The second-order valence-corrected chi connectivity index (χ2v) is 3.80. The molecule has 8 heteroatoms. The van der Waals surface area contributed by atoms with E-state index in [1.54, 1.807) is 6.07 Å². The summed E-state index contributed by atoms with van der Waals surface area (Å²) in [4.78, 5) is 21.5. The number of nitro groups is 1.